The fourth-order valence-electron chi connectivity index (χ4n) is 2.75. The van der Waals surface area contributed by atoms with Gasteiger partial charge in [0.15, 0.2) is 0 Å². The molecule has 2 atom stereocenters. The summed E-state index contributed by atoms with van der Waals surface area (Å²) in [6.07, 6.45) is 5.51. The van der Waals surface area contributed by atoms with Gasteiger partial charge < -0.3 is 9.80 Å². The van der Waals surface area contributed by atoms with Gasteiger partial charge in [0.25, 0.3) is 0 Å². The zero-order chi connectivity index (χ0) is 15.4. The predicted molar refractivity (Wildman–Crippen MR) is 79.5 cm³/mol. The second kappa shape index (κ2) is 6.56. The number of carbonyl (C=O) groups excluding carboxylic acids is 2. The van der Waals surface area contributed by atoms with Crippen molar-refractivity contribution >= 4 is 11.8 Å². The van der Waals surface area contributed by atoms with Crippen LogP contribution in [0.25, 0.3) is 0 Å². The van der Waals surface area contributed by atoms with Crippen molar-refractivity contribution in [3.63, 3.8) is 0 Å². The van der Waals surface area contributed by atoms with Crippen LogP contribution in [0.15, 0.2) is 31.1 Å². The smallest absolute Gasteiger partial charge is 0.247 e. The lowest BCUT2D eigenvalue weighted by atomic mass is 10.1. The zero-order valence-corrected chi connectivity index (χ0v) is 12.6. The quantitative estimate of drug-likeness (QED) is 0.780. The van der Waals surface area contributed by atoms with E-state index in [1.54, 1.807) is 15.8 Å². The minimum Gasteiger partial charge on any atom is -0.335 e. The number of hydrogen-bond acceptors (Lipinski definition) is 3. The van der Waals surface area contributed by atoms with Gasteiger partial charge in [-0.05, 0) is 25.5 Å². The van der Waals surface area contributed by atoms with Crippen LogP contribution in [0.1, 0.15) is 26.3 Å². The number of hydrogen-bond donors (Lipinski definition) is 0. The van der Waals surface area contributed by atoms with E-state index in [1.165, 1.54) is 6.08 Å². The van der Waals surface area contributed by atoms with Gasteiger partial charge in [-0.25, -0.2) is 0 Å². The SMILES string of the molecule is C=CC(=O)N1CCN(C(=O)C(CC)n2cccn2)[C@@H](C)C1. The number of carbonyl (C=O) groups is 2. The van der Waals surface area contributed by atoms with Crippen LogP contribution in [0.2, 0.25) is 0 Å². The molecule has 0 N–H and O–H groups in total. The summed E-state index contributed by atoms with van der Waals surface area (Å²) >= 11 is 0. The molecule has 0 radical (unpaired) electrons. The average molecular weight is 290 g/mol. The molecule has 0 aromatic carbocycles. The van der Waals surface area contributed by atoms with Crippen molar-refractivity contribution < 1.29 is 9.59 Å². The molecule has 2 heterocycles. The average Bonchev–Trinajstić information content (AvgIpc) is 3.01. The molecule has 1 aromatic rings. The first kappa shape index (κ1) is 15.3. The van der Waals surface area contributed by atoms with E-state index in [9.17, 15) is 9.59 Å². The van der Waals surface area contributed by atoms with Gasteiger partial charge in [-0.15, -0.1) is 0 Å². The summed E-state index contributed by atoms with van der Waals surface area (Å²) < 4.78 is 1.70. The monoisotopic (exact) mass is 290 g/mol. The van der Waals surface area contributed by atoms with E-state index >= 15 is 0 Å². The van der Waals surface area contributed by atoms with E-state index in [1.807, 2.05) is 31.0 Å². The minimum atomic E-state index is -0.274. The Morgan fingerprint density at radius 3 is 2.76 bits per heavy atom. The molecular formula is C15H22N4O2. The van der Waals surface area contributed by atoms with Crippen molar-refractivity contribution in [3.8, 4) is 0 Å². The molecule has 2 amide bonds. The van der Waals surface area contributed by atoms with E-state index in [-0.39, 0.29) is 23.9 Å². The molecule has 0 spiro atoms. The van der Waals surface area contributed by atoms with E-state index < -0.39 is 0 Å². The third kappa shape index (κ3) is 3.15. The first-order valence-electron chi connectivity index (χ1n) is 7.29. The number of nitrogens with zero attached hydrogens (tertiary/aromatic N) is 4. The third-order valence-corrected chi connectivity index (χ3v) is 3.91. The number of aromatic nitrogens is 2. The molecule has 1 saturated heterocycles. The standard InChI is InChI=1S/C15H22N4O2/c1-4-13(19-8-6-7-16-19)15(21)18-10-9-17(11-12(18)3)14(20)5-2/h5-8,12-13H,2,4,9-11H2,1,3H3/t12-,13?/m0/s1. The van der Waals surface area contributed by atoms with Crippen LogP contribution in [-0.2, 0) is 9.59 Å². The molecule has 0 bridgehead atoms. The van der Waals surface area contributed by atoms with Crippen molar-refractivity contribution in [1.82, 2.24) is 19.6 Å². The fraction of sp³-hybridized carbons (Fsp3) is 0.533. The molecule has 1 aliphatic heterocycles. The van der Waals surface area contributed by atoms with E-state index in [0.717, 1.165) is 0 Å². The predicted octanol–water partition coefficient (Wildman–Crippen LogP) is 1.08. The molecule has 114 valence electrons. The highest BCUT2D eigenvalue weighted by Crippen LogP contribution is 2.18. The van der Waals surface area contributed by atoms with Crippen molar-refractivity contribution in [1.29, 1.82) is 0 Å². The highest BCUT2D eigenvalue weighted by atomic mass is 16.2. The molecular weight excluding hydrogens is 268 g/mol. The molecule has 1 unspecified atom stereocenters. The van der Waals surface area contributed by atoms with Crippen LogP contribution in [0.5, 0.6) is 0 Å². The second-order valence-electron chi connectivity index (χ2n) is 5.28. The summed E-state index contributed by atoms with van der Waals surface area (Å²) in [4.78, 5) is 28.0. The Morgan fingerprint density at radius 1 is 1.48 bits per heavy atom. The lowest BCUT2D eigenvalue weighted by molar-refractivity contribution is -0.143. The van der Waals surface area contributed by atoms with Crippen molar-refractivity contribution in [2.75, 3.05) is 19.6 Å². The minimum absolute atomic E-state index is 0.000220. The van der Waals surface area contributed by atoms with Crippen LogP contribution >= 0.6 is 0 Å². The van der Waals surface area contributed by atoms with Gasteiger partial charge in [0.2, 0.25) is 11.8 Å². The maximum absolute atomic E-state index is 12.7. The fourth-order valence-corrected chi connectivity index (χ4v) is 2.75. The summed E-state index contributed by atoms with van der Waals surface area (Å²) in [6.45, 7) is 9.11. The summed E-state index contributed by atoms with van der Waals surface area (Å²) in [6, 6.07) is 1.55. The summed E-state index contributed by atoms with van der Waals surface area (Å²) in [5, 5.41) is 4.18. The Labute approximate surface area is 125 Å². The normalized spacial score (nSPS) is 20.2. The van der Waals surface area contributed by atoms with Crippen LogP contribution in [-0.4, -0.2) is 57.1 Å². The highest BCUT2D eigenvalue weighted by Gasteiger charge is 2.32. The summed E-state index contributed by atoms with van der Waals surface area (Å²) in [5.74, 6) is -0.00697. The molecule has 1 aromatic heterocycles. The first-order chi connectivity index (χ1) is 10.1. The van der Waals surface area contributed by atoms with Crippen LogP contribution in [0, 0.1) is 0 Å². The van der Waals surface area contributed by atoms with Crippen molar-refractivity contribution in [3.05, 3.63) is 31.1 Å². The molecule has 21 heavy (non-hydrogen) atoms. The maximum Gasteiger partial charge on any atom is 0.247 e. The number of rotatable bonds is 4. The molecule has 6 heteroatoms. The third-order valence-electron chi connectivity index (χ3n) is 3.91. The van der Waals surface area contributed by atoms with Gasteiger partial charge in [-0.1, -0.05) is 13.5 Å². The molecule has 2 rings (SSSR count). The molecule has 6 nitrogen and oxygen atoms in total. The topological polar surface area (TPSA) is 58.4 Å². The molecule has 1 aliphatic rings. The highest BCUT2D eigenvalue weighted by molar-refractivity contribution is 5.87. The Hall–Kier alpha value is -2.11. The first-order valence-corrected chi connectivity index (χ1v) is 7.29. The van der Waals surface area contributed by atoms with Gasteiger partial charge in [0.1, 0.15) is 6.04 Å². The maximum atomic E-state index is 12.7. The van der Waals surface area contributed by atoms with E-state index in [4.69, 9.17) is 0 Å². The lowest BCUT2D eigenvalue weighted by Gasteiger charge is -2.40. The Bertz CT molecular complexity index is 512. The molecule has 0 saturated carbocycles. The second-order valence-corrected chi connectivity index (χ2v) is 5.28. The largest absolute Gasteiger partial charge is 0.335 e. The molecule has 0 aliphatic carbocycles. The van der Waals surface area contributed by atoms with E-state index in [2.05, 4.69) is 11.7 Å². The van der Waals surface area contributed by atoms with Crippen LogP contribution in [0.3, 0.4) is 0 Å². The Kier molecular flexibility index (Phi) is 4.77. The summed E-state index contributed by atoms with van der Waals surface area (Å²) in [7, 11) is 0. The van der Waals surface area contributed by atoms with Crippen molar-refractivity contribution in [2.45, 2.75) is 32.4 Å². The molecule has 1 fully saturated rings. The number of piperazine rings is 1. The Balaban J connectivity index is 2.06. The van der Waals surface area contributed by atoms with Gasteiger partial charge in [0, 0.05) is 38.1 Å². The van der Waals surface area contributed by atoms with Gasteiger partial charge in [-0.3, -0.25) is 14.3 Å². The lowest BCUT2D eigenvalue weighted by Crippen LogP contribution is -2.56. The summed E-state index contributed by atoms with van der Waals surface area (Å²) in [5.41, 5.74) is 0. The van der Waals surface area contributed by atoms with Gasteiger partial charge in [0.05, 0.1) is 0 Å². The number of amides is 2. The van der Waals surface area contributed by atoms with Crippen LogP contribution in [0.4, 0.5) is 0 Å². The van der Waals surface area contributed by atoms with Gasteiger partial charge in [-0.2, -0.15) is 5.10 Å². The van der Waals surface area contributed by atoms with Crippen molar-refractivity contribution in [2.24, 2.45) is 0 Å². The van der Waals surface area contributed by atoms with Crippen LogP contribution < -0.4 is 0 Å². The van der Waals surface area contributed by atoms with E-state index in [0.29, 0.717) is 26.1 Å². The van der Waals surface area contributed by atoms with Gasteiger partial charge >= 0.3 is 0 Å². The zero-order valence-electron chi connectivity index (χ0n) is 12.6. The Morgan fingerprint density at radius 2 is 2.24 bits per heavy atom.